The van der Waals surface area contributed by atoms with Gasteiger partial charge in [-0.15, -0.1) is 0 Å². The highest BCUT2D eigenvalue weighted by Crippen LogP contribution is 2.19. The molecule has 0 aliphatic carbocycles. The lowest BCUT2D eigenvalue weighted by Crippen LogP contribution is -2.26. The Hall–Kier alpha value is -2.70. The van der Waals surface area contributed by atoms with Gasteiger partial charge in [0.25, 0.3) is 11.2 Å². The van der Waals surface area contributed by atoms with E-state index in [0.717, 1.165) is 0 Å². The molecule has 0 aliphatic heterocycles. The molecule has 1 aromatic heterocycles. The maximum Gasteiger partial charge on any atom is 0.326 e. The number of carbonyl (C=O) groups is 1. The summed E-state index contributed by atoms with van der Waals surface area (Å²) >= 11 is 0. The Balaban J connectivity index is 2.47. The number of hydrogen-bond donors (Lipinski definition) is 0. The van der Waals surface area contributed by atoms with Gasteiger partial charge in [-0.05, 0) is 26.0 Å². The van der Waals surface area contributed by atoms with Crippen LogP contribution in [0.15, 0.2) is 35.1 Å². The molecule has 21 heavy (non-hydrogen) atoms. The van der Waals surface area contributed by atoms with Crippen LogP contribution in [-0.4, -0.2) is 21.6 Å². The fourth-order valence-electron chi connectivity index (χ4n) is 2.00. The number of esters is 1. The highest BCUT2D eigenvalue weighted by atomic mass is 16.6. The van der Waals surface area contributed by atoms with Crippen LogP contribution in [0.3, 0.4) is 0 Å². The molecule has 0 amide bonds. The van der Waals surface area contributed by atoms with Crippen LogP contribution in [0.25, 0.3) is 10.9 Å². The predicted octanol–water partition coefficient (Wildman–Crippen LogP) is 1.86. The predicted molar refractivity (Wildman–Crippen MR) is 76.1 cm³/mol. The molecule has 7 heteroatoms. The molecule has 7 nitrogen and oxygen atoms in total. The van der Waals surface area contributed by atoms with E-state index in [-0.39, 0.29) is 23.9 Å². The van der Waals surface area contributed by atoms with Crippen molar-refractivity contribution < 1.29 is 14.5 Å². The maximum atomic E-state index is 11.9. The SMILES string of the molecule is CC(C)OC(=O)Cn1c(=O)ccc2cc([N+](=O)[O-])ccc21. The monoisotopic (exact) mass is 290 g/mol. The minimum atomic E-state index is -0.530. The lowest BCUT2D eigenvalue weighted by molar-refractivity contribution is -0.384. The fraction of sp³-hybridized carbons (Fsp3) is 0.286. The third kappa shape index (κ3) is 3.25. The molecule has 1 heterocycles. The van der Waals surface area contributed by atoms with Crippen molar-refractivity contribution >= 4 is 22.6 Å². The summed E-state index contributed by atoms with van der Waals surface area (Å²) in [7, 11) is 0. The number of ether oxygens (including phenoxy) is 1. The second-order valence-electron chi connectivity index (χ2n) is 4.80. The van der Waals surface area contributed by atoms with E-state index in [0.29, 0.717) is 10.9 Å². The van der Waals surface area contributed by atoms with Gasteiger partial charge in [-0.3, -0.25) is 24.3 Å². The van der Waals surface area contributed by atoms with Crippen molar-refractivity contribution in [3.05, 3.63) is 50.8 Å². The Morgan fingerprint density at radius 2 is 2.05 bits per heavy atom. The first-order valence-electron chi connectivity index (χ1n) is 6.36. The number of hydrogen-bond acceptors (Lipinski definition) is 5. The molecule has 2 aromatic rings. The zero-order chi connectivity index (χ0) is 15.6. The van der Waals surface area contributed by atoms with Crippen molar-refractivity contribution in [2.75, 3.05) is 0 Å². The van der Waals surface area contributed by atoms with Crippen LogP contribution >= 0.6 is 0 Å². The van der Waals surface area contributed by atoms with Crippen molar-refractivity contribution in [3.63, 3.8) is 0 Å². The van der Waals surface area contributed by atoms with Gasteiger partial charge in [-0.1, -0.05) is 0 Å². The summed E-state index contributed by atoms with van der Waals surface area (Å²) < 4.78 is 6.25. The zero-order valence-corrected chi connectivity index (χ0v) is 11.6. The number of nitro groups is 1. The van der Waals surface area contributed by atoms with Gasteiger partial charge in [0.15, 0.2) is 0 Å². The van der Waals surface area contributed by atoms with E-state index in [1.54, 1.807) is 13.8 Å². The maximum absolute atomic E-state index is 11.9. The van der Waals surface area contributed by atoms with Crippen molar-refractivity contribution in [1.82, 2.24) is 4.57 Å². The normalized spacial score (nSPS) is 10.8. The average molecular weight is 290 g/mol. The van der Waals surface area contributed by atoms with Crippen molar-refractivity contribution in [2.24, 2.45) is 0 Å². The minimum absolute atomic E-state index is 0.0718. The molecule has 0 fully saturated rings. The van der Waals surface area contributed by atoms with Gasteiger partial charge in [0.2, 0.25) is 0 Å². The molecule has 110 valence electrons. The first kappa shape index (κ1) is 14.7. The molecule has 0 unspecified atom stereocenters. The van der Waals surface area contributed by atoms with Crippen LogP contribution in [0, 0.1) is 10.1 Å². The highest BCUT2D eigenvalue weighted by molar-refractivity contribution is 5.82. The van der Waals surface area contributed by atoms with E-state index in [2.05, 4.69) is 0 Å². The van der Waals surface area contributed by atoms with Gasteiger partial charge in [-0.2, -0.15) is 0 Å². The van der Waals surface area contributed by atoms with Gasteiger partial charge < -0.3 is 4.74 Å². The summed E-state index contributed by atoms with van der Waals surface area (Å²) in [5.74, 6) is -0.530. The van der Waals surface area contributed by atoms with E-state index < -0.39 is 10.9 Å². The van der Waals surface area contributed by atoms with Crippen molar-refractivity contribution in [1.29, 1.82) is 0 Å². The lowest BCUT2D eigenvalue weighted by atomic mass is 10.2. The number of rotatable bonds is 4. The van der Waals surface area contributed by atoms with E-state index in [4.69, 9.17) is 4.74 Å². The second-order valence-corrected chi connectivity index (χ2v) is 4.80. The molecule has 0 saturated heterocycles. The first-order valence-corrected chi connectivity index (χ1v) is 6.36. The molecule has 0 aliphatic rings. The van der Waals surface area contributed by atoms with Crippen LogP contribution in [0.1, 0.15) is 13.8 Å². The summed E-state index contributed by atoms with van der Waals surface area (Å²) in [6.45, 7) is 3.20. The molecule has 0 radical (unpaired) electrons. The summed E-state index contributed by atoms with van der Waals surface area (Å²) in [6.07, 6.45) is -0.274. The fourth-order valence-corrected chi connectivity index (χ4v) is 2.00. The number of pyridine rings is 1. The van der Waals surface area contributed by atoms with Crippen molar-refractivity contribution in [3.8, 4) is 0 Å². The molecule has 0 bridgehead atoms. The second kappa shape index (κ2) is 5.74. The van der Waals surface area contributed by atoms with E-state index in [9.17, 15) is 19.7 Å². The van der Waals surface area contributed by atoms with E-state index in [1.807, 2.05) is 0 Å². The summed E-state index contributed by atoms with van der Waals surface area (Å²) in [5, 5.41) is 11.3. The largest absolute Gasteiger partial charge is 0.462 e. The smallest absolute Gasteiger partial charge is 0.326 e. The molecular formula is C14H14N2O5. The van der Waals surface area contributed by atoms with Crippen LogP contribution < -0.4 is 5.56 Å². The summed E-state index contributed by atoms with van der Waals surface area (Å²) in [6, 6.07) is 6.88. The number of non-ortho nitro benzene ring substituents is 1. The standard InChI is InChI=1S/C14H14N2O5/c1-9(2)21-14(18)8-15-12-5-4-11(16(19)20)7-10(12)3-6-13(15)17/h3-7,9H,8H2,1-2H3. The number of fused-ring (bicyclic) bond motifs is 1. The molecule has 0 saturated carbocycles. The number of carbonyl (C=O) groups excluding carboxylic acids is 1. The van der Waals surface area contributed by atoms with Crippen LogP contribution in [0.5, 0.6) is 0 Å². The molecule has 0 spiro atoms. The Labute approximate surface area is 119 Å². The third-order valence-corrected chi connectivity index (χ3v) is 2.84. The molecule has 0 N–H and O–H groups in total. The Bertz CT molecular complexity index is 764. The van der Waals surface area contributed by atoms with Gasteiger partial charge in [0, 0.05) is 23.6 Å². The Morgan fingerprint density at radius 3 is 2.67 bits per heavy atom. The van der Waals surface area contributed by atoms with Crippen LogP contribution in [-0.2, 0) is 16.1 Å². The number of benzene rings is 1. The Kier molecular flexibility index (Phi) is 4.02. The number of aromatic nitrogens is 1. The summed E-state index contributed by atoms with van der Waals surface area (Å²) in [5.41, 5.74) is 0.0170. The molecule has 2 rings (SSSR count). The molecular weight excluding hydrogens is 276 g/mol. The first-order chi connectivity index (χ1) is 9.88. The number of nitro benzene ring substituents is 1. The minimum Gasteiger partial charge on any atom is -0.462 e. The van der Waals surface area contributed by atoms with Gasteiger partial charge >= 0.3 is 5.97 Å². The van der Waals surface area contributed by atoms with Gasteiger partial charge in [-0.25, -0.2) is 0 Å². The topological polar surface area (TPSA) is 91.4 Å². The highest BCUT2D eigenvalue weighted by Gasteiger charge is 2.13. The Morgan fingerprint density at radius 1 is 1.33 bits per heavy atom. The quantitative estimate of drug-likeness (QED) is 0.487. The lowest BCUT2D eigenvalue weighted by Gasteiger charge is -2.11. The average Bonchev–Trinajstić information content (AvgIpc) is 2.40. The third-order valence-electron chi connectivity index (χ3n) is 2.84. The van der Waals surface area contributed by atoms with Gasteiger partial charge in [0.1, 0.15) is 6.54 Å². The van der Waals surface area contributed by atoms with E-state index >= 15 is 0 Å². The van der Waals surface area contributed by atoms with Crippen molar-refractivity contribution in [2.45, 2.75) is 26.5 Å². The molecule has 0 atom stereocenters. The molecule has 1 aromatic carbocycles. The van der Waals surface area contributed by atoms with Crippen LogP contribution in [0.4, 0.5) is 5.69 Å². The summed E-state index contributed by atoms with van der Waals surface area (Å²) in [4.78, 5) is 33.8. The van der Waals surface area contributed by atoms with E-state index in [1.165, 1.54) is 34.9 Å². The number of nitrogens with zero attached hydrogens (tertiary/aromatic N) is 2. The van der Waals surface area contributed by atoms with Crippen LogP contribution in [0.2, 0.25) is 0 Å². The van der Waals surface area contributed by atoms with Gasteiger partial charge in [0.05, 0.1) is 16.5 Å². The zero-order valence-electron chi connectivity index (χ0n) is 11.6.